The van der Waals surface area contributed by atoms with Crippen LogP contribution in [-0.4, -0.2) is 26.5 Å². The molecule has 0 aromatic heterocycles. The molecule has 1 aromatic rings. The number of carbonyl (C=O) groups excluding carboxylic acids is 1. The van der Waals surface area contributed by atoms with Crippen molar-refractivity contribution in [1.29, 1.82) is 0 Å². The fraction of sp³-hybridized carbons (Fsp3) is 0.455. The second-order valence-electron chi connectivity index (χ2n) is 8.84. The van der Waals surface area contributed by atoms with Crippen LogP contribution in [0.4, 0.5) is 0 Å². The van der Waals surface area contributed by atoms with Gasteiger partial charge in [-0.25, -0.2) is 0 Å². The Labute approximate surface area is 168 Å². The van der Waals surface area contributed by atoms with Gasteiger partial charge in [0.25, 0.3) is 10.0 Å². The van der Waals surface area contributed by atoms with E-state index in [0.29, 0.717) is 23.5 Å². The smallest absolute Gasteiger partial charge is 0.282 e. The predicted octanol–water partition coefficient (Wildman–Crippen LogP) is 4.74. The number of ketones is 1. The Balaban J connectivity index is 2.60. The molecule has 0 N–H and O–H groups in total. The molecule has 0 spiro atoms. The van der Waals surface area contributed by atoms with Gasteiger partial charge in [0.1, 0.15) is 5.75 Å². The Hall–Kier alpha value is -2.21. The molecule has 2 rings (SSSR count). The highest BCUT2D eigenvalue weighted by Crippen LogP contribution is 2.37. The molecular weight excluding hydrogens is 374 g/mol. The van der Waals surface area contributed by atoms with Gasteiger partial charge in [0.15, 0.2) is 5.78 Å². The maximum Gasteiger partial charge on any atom is 0.282 e. The Bertz CT molecular complexity index is 933. The van der Waals surface area contributed by atoms with E-state index in [2.05, 4.69) is 4.40 Å². The summed E-state index contributed by atoms with van der Waals surface area (Å²) >= 11 is 0. The van der Waals surface area contributed by atoms with E-state index < -0.39 is 20.9 Å². The summed E-state index contributed by atoms with van der Waals surface area (Å²) in [5.74, 6) is 0.411. The zero-order valence-electron chi connectivity index (χ0n) is 17.7. The molecule has 0 heterocycles. The van der Waals surface area contributed by atoms with Crippen molar-refractivity contribution < 1.29 is 17.9 Å². The van der Waals surface area contributed by atoms with Crippen LogP contribution in [-0.2, 0) is 14.8 Å². The summed E-state index contributed by atoms with van der Waals surface area (Å²) in [6, 6.07) is 6.26. The summed E-state index contributed by atoms with van der Waals surface area (Å²) in [5, 5.41) is 0. The zero-order chi connectivity index (χ0) is 21.3. The zero-order valence-corrected chi connectivity index (χ0v) is 18.5. The van der Waals surface area contributed by atoms with E-state index in [4.69, 9.17) is 4.74 Å². The first-order valence-electron chi connectivity index (χ1n) is 9.32. The van der Waals surface area contributed by atoms with Gasteiger partial charge < -0.3 is 4.74 Å². The molecular formula is C22H29NO4S. The van der Waals surface area contributed by atoms with Crippen molar-refractivity contribution in [3.63, 3.8) is 0 Å². The van der Waals surface area contributed by atoms with E-state index in [0.717, 1.165) is 0 Å². The molecule has 28 heavy (non-hydrogen) atoms. The second-order valence-corrected chi connectivity index (χ2v) is 10.4. The summed E-state index contributed by atoms with van der Waals surface area (Å²) < 4.78 is 35.1. The molecule has 1 aliphatic carbocycles. The molecule has 6 heteroatoms. The molecule has 0 fully saturated rings. The average molecular weight is 404 g/mol. The molecule has 0 saturated heterocycles. The van der Waals surface area contributed by atoms with Crippen LogP contribution in [0.15, 0.2) is 56.9 Å². The molecule has 0 aliphatic heterocycles. The Morgan fingerprint density at radius 2 is 1.50 bits per heavy atom. The van der Waals surface area contributed by atoms with Crippen LogP contribution in [0.1, 0.15) is 48.5 Å². The number of allylic oxidation sites excluding steroid dienone is 4. The summed E-state index contributed by atoms with van der Waals surface area (Å²) in [6.07, 6.45) is 3.17. The lowest BCUT2D eigenvalue weighted by molar-refractivity contribution is -0.114. The third-order valence-corrected chi connectivity index (χ3v) is 5.63. The van der Waals surface area contributed by atoms with Crippen LogP contribution in [0.2, 0.25) is 0 Å². The van der Waals surface area contributed by atoms with E-state index >= 15 is 0 Å². The largest absolute Gasteiger partial charge is 0.494 e. The third kappa shape index (κ3) is 4.98. The molecule has 152 valence electrons. The minimum absolute atomic E-state index is 0.0549. The van der Waals surface area contributed by atoms with Crippen LogP contribution in [0, 0.1) is 10.8 Å². The summed E-state index contributed by atoms with van der Waals surface area (Å²) in [5.41, 5.74) is 0.507. The van der Waals surface area contributed by atoms with Gasteiger partial charge in [-0.05, 0) is 42.0 Å². The molecule has 0 bridgehead atoms. The predicted molar refractivity (Wildman–Crippen MR) is 112 cm³/mol. The van der Waals surface area contributed by atoms with Crippen molar-refractivity contribution in [2.75, 3.05) is 6.61 Å². The van der Waals surface area contributed by atoms with Crippen molar-refractivity contribution >= 4 is 21.5 Å². The lowest BCUT2D eigenvalue weighted by Gasteiger charge is -2.30. The standard InChI is InChI=1S/C22H29NO4S/c1-8-27-16-10-9-11-17(14-16)28(25,26)23-15-12-18(21(2,3)4)20(24)19(13-15)22(5,6)7/h9-14H,8H2,1-7H3. The van der Waals surface area contributed by atoms with Gasteiger partial charge in [-0.3, -0.25) is 4.79 Å². The van der Waals surface area contributed by atoms with Crippen LogP contribution < -0.4 is 4.74 Å². The minimum Gasteiger partial charge on any atom is -0.494 e. The normalized spacial score (nSPS) is 15.8. The summed E-state index contributed by atoms with van der Waals surface area (Å²) in [4.78, 5) is 13.0. The monoisotopic (exact) mass is 403 g/mol. The van der Waals surface area contributed by atoms with Crippen LogP contribution in [0.5, 0.6) is 5.75 Å². The summed E-state index contributed by atoms with van der Waals surface area (Å²) in [6.45, 7) is 13.9. The Morgan fingerprint density at radius 1 is 0.964 bits per heavy atom. The number of Topliss-reactive ketones (excluding diaryl/α,β-unsaturated/α-hetero) is 1. The number of hydrogen-bond acceptors (Lipinski definition) is 4. The number of ether oxygens (including phenoxy) is 1. The van der Waals surface area contributed by atoms with Gasteiger partial charge in [-0.15, -0.1) is 0 Å². The van der Waals surface area contributed by atoms with Gasteiger partial charge in [-0.2, -0.15) is 12.8 Å². The number of carbonyl (C=O) groups is 1. The van der Waals surface area contributed by atoms with Crippen LogP contribution in [0.25, 0.3) is 0 Å². The first-order chi connectivity index (χ1) is 12.8. The first-order valence-corrected chi connectivity index (χ1v) is 10.8. The highest BCUT2D eigenvalue weighted by Gasteiger charge is 2.34. The number of rotatable bonds is 4. The van der Waals surface area contributed by atoms with E-state index in [1.54, 1.807) is 24.3 Å². The van der Waals surface area contributed by atoms with Gasteiger partial charge in [0.05, 0.1) is 17.2 Å². The number of sulfonamides is 1. The lowest BCUT2D eigenvalue weighted by atomic mass is 9.72. The van der Waals surface area contributed by atoms with Gasteiger partial charge in [0.2, 0.25) is 0 Å². The Morgan fingerprint density at radius 3 is 1.96 bits per heavy atom. The van der Waals surface area contributed by atoms with E-state index in [1.807, 2.05) is 48.5 Å². The lowest BCUT2D eigenvalue weighted by Crippen LogP contribution is -2.29. The van der Waals surface area contributed by atoms with E-state index in [1.165, 1.54) is 12.1 Å². The van der Waals surface area contributed by atoms with E-state index in [-0.39, 0.29) is 16.4 Å². The topological polar surface area (TPSA) is 72.8 Å². The average Bonchev–Trinajstić information content (AvgIpc) is 2.54. The molecule has 0 unspecified atom stereocenters. The van der Waals surface area contributed by atoms with Crippen molar-refractivity contribution in [3.8, 4) is 5.75 Å². The summed E-state index contributed by atoms with van der Waals surface area (Å²) in [7, 11) is -3.95. The van der Waals surface area contributed by atoms with Gasteiger partial charge >= 0.3 is 0 Å². The first kappa shape index (κ1) is 22.1. The third-order valence-electron chi connectivity index (χ3n) is 4.33. The molecule has 0 amide bonds. The number of nitrogens with zero attached hydrogens (tertiary/aromatic N) is 1. The minimum atomic E-state index is -3.95. The number of benzene rings is 1. The van der Waals surface area contributed by atoms with Crippen LogP contribution >= 0.6 is 0 Å². The van der Waals surface area contributed by atoms with Crippen molar-refractivity contribution in [2.45, 2.75) is 53.4 Å². The Kier molecular flexibility index (Phi) is 6.04. The van der Waals surface area contributed by atoms with E-state index in [9.17, 15) is 13.2 Å². The second kappa shape index (κ2) is 7.66. The fourth-order valence-electron chi connectivity index (χ4n) is 2.86. The molecule has 5 nitrogen and oxygen atoms in total. The fourth-order valence-corrected chi connectivity index (χ4v) is 3.87. The number of hydrogen-bond donors (Lipinski definition) is 0. The quantitative estimate of drug-likeness (QED) is 0.681. The molecule has 1 aliphatic rings. The highest BCUT2D eigenvalue weighted by atomic mass is 32.2. The van der Waals surface area contributed by atoms with Crippen molar-refractivity contribution in [3.05, 3.63) is 47.6 Å². The van der Waals surface area contributed by atoms with Gasteiger partial charge in [-0.1, -0.05) is 47.6 Å². The van der Waals surface area contributed by atoms with Crippen molar-refractivity contribution in [2.24, 2.45) is 15.2 Å². The maximum absolute atomic E-state index is 13.0. The molecule has 0 atom stereocenters. The maximum atomic E-state index is 13.0. The molecule has 1 aromatic carbocycles. The molecule has 0 radical (unpaired) electrons. The van der Waals surface area contributed by atoms with Gasteiger partial charge in [0, 0.05) is 17.2 Å². The van der Waals surface area contributed by atoms with Crippen molar-refractivity contribution in [1.82, 2.24) is 0 Å². The molecule has 0 saturated carbocycles. The highest BCUT2D eigenvalue weighted by molar-refractivity contribution is 7.90. The van der Waals surface area contributed by atoms with Crippen LogP contribution in [0.3, 0.4) is 0 Å². The SMILES string of the molecule is CCOc1cccc(S(=O)(=O)N=C2C=C(C(C)(C)C)C(=O)C(C(C)(C)C)=C2)c1.